The predicted octanol–water partition coefficient (Wildman–Crippen LogP) is 3.23. The number of hydrogen-bond acceptors (Lipinski definition) is 7. The van der Waals surface area contributed by atoms with Crippen molar-refractivity contribution < 1.29 is 27.5 Å². The fraction of sp³-hybridized carbons (Fsp3) is 0.192. The third-order valence-electron chi connectivity index (χ3n) is 6.41. The van der Waals surface area contributed by atoms with Crippen LogP contribution in [0.4, 0.5) is 16.2 Å². The zero-order chi connectivity index (χ0) is 27.2. The normalized spacial score (nSPS) is 13.4. The van der Waals surface area contributed by atoms with Crippen LogP contribution in [0.5, 0.6) is 11.5 Å². The lowest BCUT2D eigenvalue weighted by Gasteiger charge is -2.35. The molecular weight excluding hydrogens is 510 g/mol. The summed E-state index contributed by atoms with van der Waals surface area (Å²) in [7, 11) is 1.87. The molecule has 4 aromatic rings. The summed E-state index contributed by atoms with van der Waals surface area (Å²) in [6, 6.07) is 14.0. The molecule has 1 aliphatic rings. The number of methoxy groups -OCH3 is 2. The zero-order valence-corrected chi connectivity index (χ0v) is 21.9. The highest BCUT2D eigenvalue weighted by molar-refractivity contribution is 7.90. The number of fused-ring (bicyclic) bond motifs is 3. The van der Waals surface area contributed by atoms with E-state index in [1.807, 2.05) is 0 Å². The smallest absolute Gasteiger partial charge is 0.329 e. The highest BCUT2D eigenvalue weighted by Gasteiger charge is 2.35. The van der Waals surface area contributed by atoms with Crippen LogP contribution in [0.3, 0.4) is 0 Å². The van der Waals surface area contributed by atoms with E-state index in [9.17, 15) is 18.0 Å². The van der Waals surface area contributed by atoms with Crippen molar-refractivity contribution in [1.82, 2.24) is 14.3 Å². The maximum atomic E-state index is 13.7. The van der Waals surface area contributed by atoms with Gasteiger partial charge < -0.3 is 14.8 Å². The van der Waals surface area contributed by atoms with Gasteiger partial charge >= 0.3 is 6.03 Å². The second kappa shape index (κ2) is 9.38. The molecule has 5 rings (SSSR count). The van der Waals surface area contributed by atoms with Crippen molar-refractivity contribution >= 4 is 44.4 Å². The minimum Gasteiger partial charge on any atom is -0.497 e. The summed E-state index contributed by atoms with van der Waals surface area (Å²) in [4.78, 5) is 33.8. The molecule has 0 fully saturated rings. The lowest BCUT2D eigenvalue weighted by Crippen LogP contribution is -2.45. The van der Waals surface area contributed by atoms with Gasteiger partial charge in [0.1, 0.15) is 17.2 Å². The molecule has 2 aromatic carbocycles. The fourth-order valence-electron chi connectivity index (χ4n) is 4.56. The first-order valence-corrected chi connectivity index (χ1v) is 13.0. The number of carbonyl (C=O) groups excluding carboxylic acids is 2. The number of ether oxygens (including phenoxy) is 2. The summed E-state index contributed by atoms with van der Waals surface area (Å²) in [5.74, 6) is 0.436. The molecule has 196 valence electrons. The number of amides is 3. The number of hydrogen-bond donors (Lipinski definition) is 1. The molecule has 12 heteroatoms. The van der Waals surface area contributed by atoms with Gasteiger partial charge in [0, 0.05) is 49.4 Å². The summed E-state index contributed by atoms with van der Waals surface area (Å²) < 4.78 is 38.9. The quantitative estimate of drug-likeness (QED) is 0.402. The first-order chi connectivity index (χ1) is 18.2. The largest absolute Gasteiger partial charge is 0.497 e. The SMILES string of the molecule is CNC(=O)c1cc2c3c(cnc2n1S(=O)(=O)c1ccccc1)CN(c1cc(OC)cc(OC)c1)C(=O)N3C. The van der Waals surface area contributed by atoms with Crippen LogP contribution in [0.1, 0.15) is 16.1 Å². The van der Waals surface area contributed by atoms with E-state index in [1.54, 1.807) is 43.4 Å². The van der Waals surface area contributed by atoms with Gasteiger partial charge in [-0.1, -0.05) is 18.2 Å². The molecule has 0 saturated heterocycles. The van der Waals surface area contributed by atoms with Gasteiger partial charge in [0.15, 0.2) is 5.65 Å². The number of pyridine rings is 1. The topological polar surface area (TPSA) is 123 Å². The van der Waals surface area contributed by atoms with Crippen LogP contribution in [-0.4, -0.2) is 57.6 Å². The van der Waals surface area contributed by atoms with Crippen molar-refractivity contribution in [3.05, 3.63) is 72.1 Å². The van der Waals surface area contributed by atoms with Gasteiger partial charge in [0.25, 0.3) is 15.9 Å². The molecule has 3 heterocycles. The molecule has 11 nitrogen and oxygen atoms in total. The Morgan fingerprint density at radius 2 is 1.68 bits per heavy atom. The van der Waals surface area contributed by atoms with Crippen LogP contribution >= 0.6 is 0 Å². The lowest BCUT2D eigenvalue weighted by atomic mass is 10.1. The molecule has 1 N–H and O–H groups in total. The van der Waals surface area contributed by atoms with Gasteiger partial charge in [-0.25, -0.2) is 22.2 Å². The number of aromatic nitrogens is 2. The van der Waals surface area contributed by atoms with Crippen LogP contribution in [0.15, 0.2) is 65.7 Å². The molecule has 0 spiro atoms. The van der Waals surface area contributed by atoms with E-state index in [-0.39, 0.29) is 28.8 Å². The van der Waals surface area contributed by atoms with Crippen LogP contribution in [0.2, 0.25) is 0 Å². The fourth-order valence-corrected chi connectivity index (χ4v) is 6.04. The van der Waals surface area contributed by atoms with E-state index in [4.69, 9.17) is 9.47 Å². The standard InChI is InChI=1S/C26H25N5O6S/c1-27-25(32)22-13-21-23-16(14-28-24(21)31(22)38(34,35)20-8-6-5-7-9-20)15-30(26(33)29(23)2)17-10-18(36-3)12-19(11-17)37-4/h5-14H,15H2,1-4H3,(H,27,32). The maximum Gasteiger partial charge on any atom is 0.329 e. The Balaban J connectivity index is 1.70. The third-order valence-corrected chi connectivity index (χ3v) is 8.12. The van der Waals surface area contributed by atoms with E-state index in [0.717, 1.165) is 3.97 Å². The Kier molecular flexibility index (Phi) is 6.19. The Bertz CT molecular complexity index is 1660. The summed E-state index contributed by atoms with van der Waals surface area (Å²) in [6.07, 6.45) is 1.52. The zero-order valence-electron chi connectivity index (χ0n) is 21.1. The summed E-state index contributed by atoms with van der Waals surface area (Å²) in [6.45, 7) is 0.156. The molecule has 0 saturated carbocycles. The molecule has 1 aliphatic heterocycles. The molecule has 0 unspecified atom stereocenters. The van der Waals surface area contributed by atoms with Crippen LogP contribution in [0, 0.1) is 0 Å². The molecule has 0 radical (unpaired) electrons. The number of benzene rings is 2. The first-order valence-electron chi connectivity index (χ1n) is 11.6. The Morgan fingerprint density at radius 3 is 2.29 bits per heavy atom. The van der Waals surface area contributed by atoms with Crippen molar-refractivity contribution in [3.8, 4) is 11.5 Å². The van der Waals surface area contributed by atoms with Crippen LogP contribution < -0.4 is 24.6 Å². The highest BCUT2D eigenvalue weighted by atomic mass is 32.2. The third kappa shape index (κ3) is 3.89. The van der Waals surface area contributed by atoms with Gasteiger partial charge in [-0.05, 0) is 18.2 Å². The van der Waals surface area contributed by atoms with Gasteiger partial charge in [0.2, 0.25) is 0 Å². The molecule has 3 amide bonds. The molecule has 0 aliphatic carbocycles. The van der Waals surface area contributed by atoms with Crippen molar-refractivity contribution in [2.24, 2.45) is 0 Å². The van der Waals surface area contributed by atoms with E-state index < -0.39 is 15.9 Å². The van der Waals surface area contributed by atoms with E-state index >= 15 is 0 Å². The van der Waals surface area contributed by atoms with Crippen molar-refractivity contribution in [3.63, 3.8) is 0 Å². The van der Waals surface area contributed by atoms with Crippen molar-refractivity contribution in [2.75, 3.05) is 38.1 Å². The summed E-state index contributed by atoms with van der Waals surface area (Å²) >= 11 is 0. The number of nitrogens with one attached hydrogen (secondary N) is 1. The maximum absolute atomic E-state index is 13.7. The summed E-state index contributed by atoms with van der Waals surface area (Å²) in [5.41, 5.74) is 1.62. The molecule has 38 heavy (non-hydrogen) atoms. The monoisotopic (exact) mass is 535 g/mol. The van der Waals surface area contributed by atoms with E-state index in [0.29, 0.717) is 33.8 Å². The van der Waals surface area contributed by atoms with Gasteiger partial charge in [-0.15, -0.1) is 0 Å². The van der Waals surface area contributed by atoms with Gasteiger partial charge in [-0.2, -0.15) is 0 Å². The number of rotatable bonds is 6. The lowest BCUT2D eigenvalue weighted by molar-refractivity contribution is 0.0957. The number of nitrogens with zero attached hydrogens (tertiary/aromatic N) is 4. The van der Waals surface area contributed by atoms with Gasteiger partial charge in [0.05, 0.1) is 37.0 Å². The minimum absolute atomic E-state index is 0.00440. The average molecular weight is 536 g/mol. The predicted molar refractivity (Wildman–Crippen MR) is 142 cm³/mol. The van der Waals surface area contributed by atoms with E-state index in [2.05, 4.69) is 10.3 Å². The second-order valence-corrected chi connectivity index (χ2v) is 10.3. The number of carbonyl (C=O) groups is 2. The second-order valence-electron chi connectivity index (χ2n) is 8.56. The molecule has 0 bridgehead atoms. The first kappa shape index (κ1) is 25.1. The molecule has 2 aromatic heterocycles. The molecular formula is C26H25N5O6S. The van der Waals surface area contributed by atoms with Crippen LogP contribution in [-0.2, 0) is 16.6 Å². The Morgan fingerprint density at radius 1 is 1.03 bits per heavy atom. The molecule has 0 atom stereocenters. The van der Waals surface area contributed by atoms with Crippen LogP contribution in [0.25, 0.3) is 11.0 Å². The summed E-state index contributed by atoms with van der Waals surface area (Å²) in [5, 5.41) is 2.85. The van der Waals surface area contributed by atoms with Crippen molar-refractivity contribution in [1.29, 1.82) is 0 Å². The Labute approximate surface area is 219 Å². The average Bonchev–Trinajstić information content (AvgIpc) is 3.35. The van der Waals surface area contributed by atoms with Crippen molar-refractivity contribution in [2.45, 2.75) is 11.4 Å². The highest BCUT2D eigenvalue weighted by Crippen LogP contribution is 2.39. The number of anilines is 2. The van der Waals surface area contributed by atoms with E-state index in [1.165, 1.54) is 55.5 Å². The number of urea groups is 1. The Hall–Kier alpha value is -4.58. The van der Waals surface area contributed by atoms with Gasteiger partial charge in [-0.3, -0.25) is 14.6 Å². The minimum atomic E-state index is -4.18.